The first-order valence-corrected chi connectivity index (χ1v) is 9.51. The predicted octanol–water partition coefficient (Wildman–Crippen LogP) is 5.35. The molecule has 1 fully saturated rings. The van der Waals surface area contributed by atoms with Gasteiger partial charge in [0.05, 0.1) is 18.3 Å². The van der Waals surface area contributed by atoms with Gasteiger partial charge >= 0.3 is 0 Å². The van der Waals surface area contributed by atoms with E-state index >= 15 is 0 Å². The van der Waals surface area contributed by atoms with Gasteiger partial charge in [-0.3, -0.25) is 4.79 Å². The number of ether oxygens (including phenoxy) is 1. The second-order valence-electron chi connectivity index (χ2n) is 7.28. The first-order valence-electron chi connectivity index (χ1n) is 9.51. The Morgan fingerprint density at radius 1 is 1.11 bits per heavy atom. The standard InChI is InChI=1S/C23H24N2O2/c1-15-6-5-9-17(12-15)21-14-22(27-2)19-13-18(10-11-20(19)25-21)24-23(26)16-7-3-4-8-16/h5-6,9-14,16H,3-4,7-8H2,1-2H3,(H,24,26). The molecule has 1 aliphatic rings. The molecule has 1 N–H and O–H groups in total. The van der Waals surface area contributed by atoms with Crippen molar-refractivity contribution in [3.63, 3.8) is 0 Å². The quantitative estimate of drug-likeness (QED) is 0.682. The van der Waals surface area contributed by atoms with Crippen LogP contribution >= 0.6 is 0 Å². The van der Waals surface area contributed by atoms with Crippen molar-refractivity contribution in [2.75, 3.05) is 12.4 Å². The summed E-state index contributed by atoms with van der Waals surface area (Å²) in [4.78, 5) is 17.2. The van der Waals surface area contributed by atoms with Gasteiger partial charge in [0.25, 0.3) is 0 Å². The summed E-state index contributed by atoms with van der Waals surface area (Å²) in [5.41, 5.74) is 4.78. The minimum Gasteiger partial charge on any atom is -0.496 e. The number of amides is 1. The molecule has 0 bridgehead atoms. The number of methoxy groups -OCH3 is 1. The fraction of sp³-hybridized carbons (Fsp3) is 0.304. The molecule has 0 spiro atoms. The fourth-order valence-corrected chi connectivity index (χ4v) is 3.83. The number of benzene rings is 2. The van der Waals surface area contributed by atoms with Gasteiger partial charge in [-0.2, -0.15) is 0 Å². The zero-order valence-electron chi connectivity index (χ0n) is 15.8. The molecule has 1 saturated carbocycles. The maximum atomic E-state index is 12.4. The van der Waals surface area contributed by atoms with Crippen LogP contribution in [-0.2, 0) is 4.79 Å². The van der Waals surface area contributed by atoms with Crippen LogP contribution in [0.3, 0.4) is 0 Å². The molecule has 4 rings (SSSR count). The van der Waals surface area contributed by atoms with E-state index in [1.54, 1.807) is 7.11 Å². The Hall–Kier alpha value is -2.88. The van der Waals surface area contributed by atoms with Crippen LogP contribution in [0.5, 0.6) is 5.75 Å². The van der Waals surface area contributed by atoms with Gasteiger partial charge in [0.1, 0.15) is 5.75 Å². The van der Waals surface area contributed by atoms with E-state index in [0.29, 0.717) is 0 Å². The summed E-state index contributed by atoms with van der Waals surface area (Å²) in [6.07, 6.45) is 4.28. The second-order valence-corrected chi connectivity index (χ2v) is 7.28. The number of nitrogens with zero attached hydrogens (tertiary/aromatic N) is 1. The van der Waals surface area contributed by atoms with Gasteiger partial charge in [0, 0.05) is 28.6 Å². The second kappa shape index (κ2) is 7.39. The van der Waals surface area contributed by atoms with Crippen molar-refractivity contribution in [2.24, 2.45) is 5.92 Å². The Kier molecular flexibility index (Phi) is 4.80. The van der Waals surface area contributed by atoms with Crippen LogP contribution in [-0.4, -0.2) is 18.0 Å². The number of aryl methyl sites for hydroxylation is 1. The topological polar surface area (TPSA) is 51.2 Å². The Balaban J connectivity index is 1.69. The van der Waals surface area contributed by atoms with Crippen molar-refractivity contribution >= 4 is 22.5 Å². The summed E-state index contributed by atoms with van der Waals surface area (Å²) in [5.74, 6) is 1.02. The number of hydrogen-bond acceptors (Lipinski definition) is 3. The number of hydrogen-bond donors (Lipinski definition) is 1. The molecule has 0 aliphatic heterocycles. The molecule has 1 aliphatic carbocycles. The van der Waals surface area contributed by atoms with Crippen molar-refractivity contribution in [3.8, 4) is 17.0 Å². The predicted molar refractivity (Wildman–Crippen MR) is 109 cm³/mol. The molecule has 2 aromatic carbocycles. The molecule has 27 heavy (non-hydrogen) atoms. The van der Waals surface area contributed by atoms with Gasteiger partial charge in [0.2, 0.25) is 5.91 Å². The molecule has 3 aromatic rings. The minimum atomic E-state index is 0.121. The Bertz CT molecular complexity index is 991. The number of carbonyl (C=O) groups excluding carboxylic acids is 1. The molecule has 1 heterocycles. The van der Waals surface area contributed by atoms with Crippen molar-refractivity contribution in [2.45, 2.75) is 32.6 Å². The normalized spacial score (nSPS) is 14.4. The third-order valence-electron chi connectivity index (χ3n) is 5.30. The molecule has 4 heteroatoms. The summed E-state index contributed by atoms with van der Waals surface area (Å²) < 4.78 is 5.63. The van der Waals surface area contributed by atoms with E-state index in [2.05, 4.69) is 30.4 Å². The van der Waals surface area contributed by atoms with E-state index in [0.717, 1.165) is 59.3 Å². The maximum absolute atomic E-state index is 12.4. The van der Waals surface area contributed by atoms with E-state index in [9.17, 15) is 4.79 Å². The molecule has 0 saturated heterocycles. The van der Waals surface area contributed by atoms with Crippen LogP contribution in [0.2, 0.25) is 0 Å². The lowest BCUT2D eigenvalue weighted by Crippen LogP contribution is -2.20. The fourth-order valence-electron chi connectivity index (χ4n) is 3.83. The number of pyridine rings is 1. The summed E-state index contributed by atoms with van der Waals surface area (Å²) in [6.45, 7) is 2.07. The van der Waals surface area contributed by atoms with Gasteiger partial charge in [-0.1, -0.05) is 36.6 Å². The molecule has 0 atom stereocenters. The number of carbonyl (C=O) groups is 1. The largest absolute Gasteiger partial charge is 0.496 e. The summed E-state index contributed by atoms with van der Waals surface area (Å²) in [7, 11) is 1.67. The smallest absolute Gasteiger partial charge is 0.227 e. The van der Waals surface area contributed by atoms with Gasteiger partial charge < -0.3 is 10.1 Å². The molecule has 4 nitrogen and oxygen atoms in total. The average molecular weight is 360 g/mol. The van der Waals surface area contributed by atoms with Crippen LogP contribution in [0, 0.1) is 12.8 Å². The molecular formula is C23H24N2O2. The molecule has 1 aromatic heterocycles. The summed E-state index contributed by atoms with van der Waals surface area (Å²) in [5, 5.41) is 3.96. The van der Waals surface area contributed by atoms with Crippen LogP contribution in [0.25, 0.3) is 22.2 Å². The number of nitrogens with one attached hydrogen (secondary N) is 1. The van der Waals surface area contributed by atoms with Crippen LogP contribution < -0.4 is 10.1 Å². The van der Waals surface area contributed by atoms with Crippen LogP contribution in [0.15, 0.2) is 48.5 Å². The van der Waals surface area contributed by atoms with Crippen molar-refractivity contribution < 1.29 is 9.53 Å². The van der Waals surface area contributed by atoms with E-state index in [-0.39, 0.29) is 11.8 Å². The van der Waals surface area contributed by atoms with Gasteiger partial charge in [-0.05, 0) is 44.0 Å². The highest BCUT2D eigenvalue weighted by atomic mass is 16.5. The van der Waals surface area contributed by atoms with Crippen molar-refractivity contribution in [1.29, 1.82) is 0 Å². The Labute approximate surface area is 159 Å². The van der Waals surface area contributed by atoms with Gasteiger partial charge in [-0.15, -0.1) is 0 Å². The molecule has 138 valence electrons. The highest BCUT2D eigenvalue weighted by Gasteiger charge is 2.22. The first-order chi connectivity index (χ1) is 13.1. The minimum absolute atomic E-state index is 0.121. The van der Waals surface area contributed by atoms with E-state index in [1.165, 1.54) is 5.56 Å². The highest BCUT2D eigenvalue weighted by molar-refractivity contribution is 5.97. The summed E-state index contributed by atoms with van der Waals surface area (Å²) >= 11 is 0. The van der Waals surface area contributed by atoms with Crippen LogP contribution in [0.1, 0.15) is 31.2 Å². The highest BCUT2D eigenvalue weighted by Crippen LogP contribution is 2.32. The van der Waals surface area contributed by atoms with Crippen molar-refractivity contribution in [1.82, 2.24) is 4.98 Å². The molecular weight excluding hydrogens is 336 g/mol. The van der Waals surface area contributed by atoms with Crippen LogP contribution in [0.4, 0.5) is 5.69 Å². The van der Waals surface area contributed by atoms with E-state index in [4.69, 9.17) is 9.72 Å². The maximum Gasteiger partial charge on any atom is 0.227 e. The molecule has 0 unspecified atom stereocenters. The van der Waals surface area contributed by atoms with Crippen molar-refractivity contribution in [3.05, 3.63) is 54.1 Å². The zero-order valence-corrected chi connectivity index (χ0v) is 15.8. The number of fused-ring (bicyclic) bond motifs is 1. The van der Waals surface area contributed by atoms with E-state index < -0.39 is 0 Å². The van der Waals surface area contributed by atoms with Gasteiger partial charge in [-0.25, -0.2) is 4.98 Å². The summed E-state index contributed by atoms with van der Waals surface area (Å²) in [6, 6.07) is 16.0. The number of aromatic nitrogens is 1. The SMILES string of the molecule is COc1cc(-c2cccc(C)c2)nc2ccc(NC(=O)C3CCCC3)cc12. The monoisotopic (exact) mass is 360 g/mol. The number of rotatable bonds is 4. The van der Waals surface area contributed by atoms with Gasteiger partial charge in [0.15, 0.2) is 0 Å². The third-order valence-corrected chi connectivity index (χ3v) is 5.30. The van der Waals surface area contributed by atoms with E-state index in [1.807, 2.05) is 30.3 Å². The Morgan fingerprint density at radius 3 is 2.67 bits per heavy atom. The Morgan fingerprint density at radius 2 is 1.93 bits per heavy atom. The average Bonchev–Trinajstić information content (AvgIpc) is 3.22. The lowest BCUT2D eigenvalue weighted by molar-refractivity contribution is -0.119. The molecule has 0 radical (unpaired) electrons. The lowest BCUT2D eigenvalue weighted by atomic mass is 10.1. The lowest BCUT2D eigenvalue weighted by Gasteiger charge is -2.13. The first kappa shape index (κ1) is 17.5. The third kappa shape index (κ3) is 3.65. The number of anilines is 1. The molecule has 1 amide bonds. The zero-order chi connectivity index (χ0) is 18.8.